The molecule has 1 amide bonds. The molecule has 0 aliphatic rings. The minimum Gasteiger partial charge on any atom is -0.437 e. The van der Waals surface area contributed by atoms with E-state index in [-0.39, 0.29) is 5.91 Å². The van der Waals surface area contributed by atoms with Gasteiger partial charge in [-0.25, -0.2) is 9.97 Å². The van der Waals surface area contributed by atoms with E-state index in [1.165, 1.54) is 6.08 Å². The second-order valence-electron chi connectivity index (χ2n) is 10.5. The van der Waals surface area contributed by atoms with Crippen molar-refractivity contribution < 1.29 is 14.3 Å². The van der Waals surface area contributed by atoms with Crippen LogP contribution in [-0.2, 0) is 16.3 Å². The number of amides is 1. The lowest BCUT2D eigenvalue weighted by atomic mass is 10.1. The first-order valence-corrected chi connectivity index (χ1v) is 16.8. The first-order chi connectivity index (χ1) is 19.3. The molecule has 0 aliphatic heterocycles. The third kappa shape index (κ3) is 7.78. The van der Waals surface area contributed by atoms with E-state index in [4.69, 9.17) is 19.7 Å². The van der Waals surface area contributed by atoms with Crippen LogP contribution >= 0.6 is 0 Å². The molecule has 9 nitrogen and oxygen atoms in total. The molecule has 10 heteroatoms. The normalized spacial score (nSPS) is 11.2. The Balaban J connectivity index is 1.62. The lowest BCUT2D eigenvalue weighted by molar-refractivity contribution is -0.111. The molecule has 0 aliphatic carbocycles. The predicted molar refractivity (Wildman–Crippen MR) is 161 cm³/mol. The van der Waals surface area contributed by atoms with Crippen molar-refractivity contribution in [1.82, 2.24) is 14.5 Å². The maximum Gasteiger partial charge on any atom is 0.247 e. The lowest BCUT2D eigenvalue weighted by Crippen LogP contribution is -2.22. The summed E-state index contributed by atoms with van der Waals surface area (Å²) in [6.07, 6.45) is 5.24. The summed E-state index contributed by atoms with van der Waals surface area (Å²) in [6, 6.07) is 18.3. The Hall–Kier alpha value is -4.46. The average molecular weight is 555 g/mol. The Morgan fingerprint density at radius 2 is 1.98 bits per heavy atom. The van der Waals surface area contributed by atoms with Gasteiger partial charge < -0.3 is 24.7 Å². The van der Waals surface area contributed by atoms with E-state index in [0.717, 1.165) is 22.9 Å². The van der Waals surface area contributed by atoms with Gasteiger partial charge in [-0.05, 0) is 41.9 Å². The number of rotatable bonds is 13. The predicted octanol–water partition coefficient (Wildman–Crippen LogP) is 6.65. The van der Waals surface area contributed by atoms with Gasteiger partial charge in [-0.1, -0.05) is 44.4 Å². The summed E-state index contributed by atoms with van der Waals surface area (Å²) in [4.78, 5) is 21.2. The van der Waals surface area contributed by atoms with Crippen molar-refractivity contribution in [2.75, 3.05) is 23.8 Å². The first kappa shape index (κ1) is 28.5. The Labute approximate surface area is 235 Å². The van der Waals surface area contributed by atoms with Crippen LogP contribution in [0.4, 0.5) is 11.4 Å². The number of nitrogens with one attached hydrogen (secondary N) is 2. The Bertz CT molecular complexity index is 1520. The SMILES string of the molecule is C=CC(=O)Nc1cccc(Oc2cnc3c(n2)c(-c2ccc(NCCC#N)cc2)cn3COCC[Si](C)(C)C)c1. The number of carbonyl (C=O) groups is 1. The van der Waals surface area contributed by atoms with Crippen LogP contribution in [0.1, 0.15) is 6.42 Å². The molecule has 0 unspecified atom stereocenters. The topological polar surface area (TPSA) is 114 Å². The molecule has 2 aromatic carbocycles. The number of benzene rings is 2. The summed E-state index contributed by atoms with van der Waals surface area (Å²) >= 11 is 0. The molecule has 0 saturated carbocycles. The first-order valence-electron chi connectivity index (χ1n) is 13.1. The van der Waals surface area contributed by atoms with Crippen LogP contribution in [0, 0.1) is 11.3 Å². The standard InChI is InChI=1S/C30H34N6O3Si/c1-5-27(37)34-24-8-6-9-25(18-24)39-28-19-33-30-29(35-28)26(20-36(30)21-38-16-17-40(2,3)4)22-10-12-23(13-11-22)32-15-7-14-31/h5-6,8-13,18-20,32H,1,7,15-17,21H2,2-4H3,(H,34,37). The number of nitriles is 1. The van der Waals surface area contributed by atoms with Gasteiger partial charge in [-0.2, -0.15) is 5.26 Å². The summed E-state index contributed by atoms with van der Waals surface area (Å²) in [5.74, 6) is 0.537. The highest BCUT2D eigenvalue weighted by atomic mass is 28.3. The Kier molecular flexibility index (Phi) is 9.32. The van der Waals surface area contributed by atoms with Crippen molar-refractivity contribution in [3.8, 4) is 28.8 Å². The smallest absolute Gasteiger partial charge is 0.247 e. The molecule has 40 heavy (non-hydrogen) atoms. The fourth-order valence-electron chi connectivity index (χ4n) is 3.92. The van der Waals surface area contributed by atoms with E-state index in [9.17, 15) is 4.79 Å². The molecule has 0 atom stereocenters. The maximum atomic E-state index is 11.7. The monoisotopic (exact) mass is 554 g/mol. The lowest BCUT2D eigenvalue weighted by Gasteiger charge is -2.15. The van der Waals surface area contributed by atoms with Crippen LogP contribution < -0.4 is 15.4 Å². The number of anilines is 2. The van der Waals surface area contributed by atoms with Crippen molar-refractivity contribution >= 4 is 36.5 Å². The zero-order valence-electron chi connectivity index (χ0n) is 23.1. The number of nitrogens with zero attached hydrogens (tertiary/aromatic N) is 4. The van der Waals surface area contributed by atoms with Crippen molar-refractivity contribution in [2.45, 2.75) is 38.8 Å². The molecule has 0 bridgehead atoms. The third-order valence-electron chi connectivity index (χ3n) is 6.04. The number of ether oxygens (including phenoxy) is 2. The van der Waals surface area contributed by atoms with E-state index < -0.39 is 8.07 Å². The molecule has 4 rings (SSSR count). The van der Waals surface area contributed by atoms with E-state index in [1.807, 2.05) is 35.0 Å². The molecule has 4 aromatic rings. The molecular weight excluding hydrogens is 520 g/mol. The highest BCUT2D eigenvalue weighted by molar-refractivity contribution is 6.76. The number of carbonyl (C=O) groups excluding carboxylic acids is 1. The highest BCUT2D eigenvalue weighted by Gasteiger charge is 2.17. The maximum absolute atomic E-state index is 11.7. The molecule has 2 heterocycles. The molecule has 206 valence electrons. The van der Waals surface area contributed by atoms with Crippen molar-refractivity contribution in [3.05, 3.63) is 73.6 Å². The second-order valence-corrected chi connectivity index (χ2v) is 16.1. The molecular formula is C30H34N6O3Si. The van der Waals surface area contributed by atoms with E-state index in [2.05, 4.69) is 47.9 Å². The van der Waals surface area contributed by atoms with Gasteiger partial charge >= 0.3 is 0 Å². The average Bonchev–Trinajstić information content (AvgIpc) is 3.29. The molecule has 0 radical (unpaired) electrons. The highest BCUT2D eigenvalue weighted by Crippen LogP contribution is 2.32. The summed E-state index contributed by atoms with van der Waals surface area (Å²) in [7, 11) is -1.20. The summed E-state index contributed by atoms with van der Waals surface area (Å²) in [6.45, 7) is 12.1. The van der Waals surface area contributed by atoms with Crippen molar-refractivity contribution in [1.29, 1.82) is 5.26 Å². The van der Waals surface area contributed by atoms with E-state index in [0.29, 0.717) is 54.8 Å². The number of hydrogen-bond acceptors (Lipinski definition) is 7. The van der Waals surface area contributed by atoms with Crippen molar-refractivity contribution in [3.63, 3.8) is 0 Å². The number of fused-ring (bicyclic) bond motifs is 1. The van der Waals surface area contributed by atoms with Gasteiger partial charge in [0.2, 0.25) is 11.8 Å². The minimum absolute atomic E-state index is 0.303. The Morgan fingerprint density at radius 1 is 1.18 bits per heavy atom. The van der Waals surface area contributed by atoms with Crippen LogP contribution in [0.25, 0.3) is 22.3 Å². The quantitative estimate of drug-likeness (QED) is 0.108. The van der Waals surface area contributed by atoms with Crippen molar-refractivity contribution in [2.24, 2.45) is 0 Å². The fraction of sp³-hybridized carbons (Fsp3) is 0.267. The summed E-state index contributed by atoms with van der Waals surface area (Å²) < 4.78 is 14.0. The van der Waals surface area contributed by atoms with Gasteiger partial charge in [0.25, 0.3) is 0 Å². The van der Waals surface area contributed by atoms with Crippen LogP contribution in [-0.4, -0.2) is 41.7 Å². The minimum atomic E-state index is -1.20. The molecule has 0 spiro atoms. The largest absolute Gasteiger partial charge is 0.437 e. The molecule has 0 saturated heterocycles. The van der Waals surface area contributed by atoms with E-state index >= 15 is 0 Å². The van der Waals surface area contributed by atoms with Gasteiger partial charge in [-0.3, -0.25) is 4.79 Å². The Morgan fingerprint density at radius 3 is 2.70 bits per heavy atom. The summed E-state index contributed by atoms with van der Waals surface area (Å²) in [5.41, 5.74) is 4.78. The number of aromatic nitrogens is 3. The van der Waals surface area contributed by atoms with Gasteiger partial charge in [-0.15, -0.1) is 0 Å². The van der Waals surface area contributed by atoms with Gasteiger partial charge in [0.1, 0.15) is 18.0 Å². The third-order valence-corrected chi connectivity index (χ3v) is 7.75. The van der Waals surface area contributed by atoms with Crippen LogP contribution in [0.5, 0.6) is 11.6 Å². The zero-order chi connectivity index (χ0) is 28.5. The second kappa shape index (κ2) is 13.1. The van der Waals surface area contributed by atoms with Gasteiger partial charge in [0.05, 0.1) is 18.7 Å². The molecule has 2 aromatic heterocycles. The van der Waals surface area contributed by atoms with Crippen LogP contribution in [0.3, 0.4) is 0 Å². The molecule has 0 fully saturated rings. The number of hydrogen-bond donors (Lipinski definition) is 2. The fourth-order valence-corrected chi connectivity index (χ4v) is 4.67. The molecule has 2 N–H and O–H groups in total. The van der Waals surface area contributed by atoms with Gasteiger partial charge in [0, 0.05) is 50.4 Å². The van der Waals surface area contributed by atoms with E-state index in [1.54, 1.807) is 30.5 Å². The van der Waals surface area contributed by atoms with Crippen LogP contribution in [0.2, 0.25) is 25.7 Å². The summed E-state index contributed by atoms with van der Waals surface area (Å²) in [5, 5.41) is 14.8. The zero-order valence-corrected chi connectivity index (χ0v) is 24.1. The van der Waals surface area contributed by atoms with Gasteiger partial charge in [0.15, 0.2) is 5.65 Å². The van der Waals surface area contributed by atoms with Crippen LogP contribution in [0.15, 0.2) is 73.6 Å².